The van der Waals surface area contributed by atoms with E-state index in [1.807, 2.05) is 24.3 Å². The first-order chi connectivity index (χ1) is 14.9. The second-order valence-corrected chi connectivity index (χ2v) is 8.91. The molecule has 2 fully saturated rings. The van der Waals surface area contributed by atoms with Crippen molar-refractivity contribution in [1.82, 2.24) is 20.1 Å². The fourth-order valence-electron chi connectivity index (χ4n) is 4.49. The predicted octanol–water partition coefficient (Wildman–Crippen LogP) is 2.95. The van der Waals surface area contributed by atoms with Crippen molar-refractivity contribution < 1.29 is 14.0 Å². The quantitative estimate of drug-likeness (QED) is 0.820. The highest BCUT2D eigenvalue weighted by atomic mass is 19.1. The average molecular weight is 425 g/mol. The molecule has 31 heavy (non-hydrogen) atoms. The van der Waals surface area contributed by atoms with Crippen LogP contribution in [0.3, 0.4) is 0 Å². The molecular weight excluding hydrogens is 395 g/mol. The Labute approximate surface area is 182 Å². The zero-order valence-electron chi connectivity index (χ0n) is 18.1. The lowest BCUT2D eigenvalue weighted by molar-refractivity contribution is -0.133. The maximum absolute atomic E-state index is 14.0. The SMILES string of the molecule is CC1(C)C(=O)NCCN1C(=O)c1ccc([C@@H]2CCCN(Cc3ccccc3F)C2)nc1. The molecule has 0 unspecified atom stereocenters. The lowest BCUT2D eigenvalue weighted by atomic mass is 9.93. The summed E-state index contributed by atoms with van der Waals surface area (Å²) >= 11 is 0. The van der Waals surface area contributed by atoms with Crippen molar-refractivity contribution in [2.24, 2.45) is 0 Å². The standard InChI is InChI=1S/C24H29FN4O2/c1-24(2)23(31)26-11-13-29(24)22(30)17-9-10-21(27-14-17)19-7-5-12-28(16-19)15-18-6-3-4-8-20(18)25/h3-4,6,8-10,14,19H,5,7,11-13,15-16H2,1-2H3,(H,26,31)/t19-/m1/s1. The van der Waals surface area contributed by atoms with Crippen molar-refractivity contribution in [3.63, 3.8) is 0 Å². The molecule has 7 heteroatoms. The number of aromatic nitrogens is 1. The maximum Gasteiger partial charge on any atom is 0.256 e. The van der Waals surface area contributed by atoms with E-state index in [4.69, 9.17) is 0 Å². The van der Waals surface area contributed by atoms with Gasteiger partial charge < -0.3 is 10.2 Å². The first-order valence-corrected chi connectivity index (χ1v) is 10.9. The van der Waals surface area contributed by atoms with Gasteiger partial charge in [-0.3, -0.25) is 19.5 Å². The van der Waals surface area contributed by atoms with E-state index in [2.05, 4.69) is 15.2 Å². The number of hydrogen-bond acceptors (Lipinski definition) is 4. The van der Waals surface area contributed by atoms with E-state index < -0.39 is 5.54 Å². The van der Waals surface area contributed by atoms with E-state index in [-0.39, 0.29) is 23.5 Å². The summed E-state index contributed by atoms with van der Waals surface area (Å²) in [5.74, 6) is -0.237. The molecule has 0 bridgehead atoms. The minimum absolute atomic E-state index is 0.145. The van der Waals surface area contributed by atoms with Gasteiger partial charge in [0.15, 0.2) is 0 Å². The molecule has 1 atom stereocenters. The van der Waals surface area contributed by atoms with E-state index in [0.717, 1.165) is 31.6 Å². The number of halogens is 1. The van der Waals surface area contributed by atoms with Crippen LogP contribution in [-0.4, -0.2) is 58.3 Å². The number of pyridine rings is 1. The molecule has 6 nitrogen and oxygen atoms in total. The molecule has 1 aromatic carbocycles. The van der Waals surface area contributed by atoms with Gasteiger partial charge in [0, 0.05) is 49.6 Å². The first kappa shape index (κ1) is 21.4. The summed E-state index contributed by atoms with van der Waals surface area (Å²) in [5.41, 5.74) is 1.27. The van der Waals surface area contributed by atoms with Gasteiger partial charge in [-0.2, -0.15) is 0 Å². The molecule has 0 radical (unpaired) electrons. The number of carbonyl (C=O) groups is 2. The Bertz CT molecular complexity index is 960. The van der Waals surface area contributed by atoms with Crippen LogP contribution in [-0.2, 0) is 11.3 Å². The van der Waals surface area contributed by atoms with Gasteiger partial charge in [0.25, 0.3) is 5.91 Å². The minimum atomic E-state index is -0.884. The topological polar surface area (TPSA) is 65.5 Å². The Morgan fingerprint density at radius 2 is 2.03 bits per heavy atom. The van der Waals surface area contributed by atoms with Crippen molar-refractivity contribution >= 4 is 11.8 Å². The van der Waals surface area contributed by atoms with E-state index in [1.165, 1.54) is 6.07 Å². The molecule has 1 N–H and O–H groups in total. The molecule has 3 heterocycles. The lowest BCUT2D eigenvalue weighted by Gasteiger charge is -2.41. The van der Waals surface area contributed by atoms with Gasteiger partial charge in [-0.15, -0.1) is 0 Å². The number of nitrogens with zero attached hydrogens (tertiary/aromatic N) is 3. The monoisotopic (exact) mass is 424 g/mol. The van der Waals surface area contributed by atoms with Gasteiger partial charge >= 0.3 is 0 Å². The number of nitrogens with one attached hydrogen (secondary N) is 1. The van der Waals surface area contributed by atoms with Crippen LogP contribution in [0.1, 0.15) is 54.2 Å². The summed E-state index contributed by atoms with van der Waals surface area (Å²) in [6.07, 6.45) is 3.67. The van der Waals surface area contributed by atoms with Gasteiger partial charge in [0.1, 0.15) is 11.4 Å². The highest BCUT2D eigenvalue weighted by Crippen LogP contribution is 2.28. The molecule has 2 aliphatic rings. The van der Waals surface area contributed by atoms with Crippen LogP contribution in [0, 0.1) is 5.82 Å². The van der Waals surface area contributed by atoms with Gasteiger partial charge in [-0.25, -0.2) is 4.39 Å². The lowest BCUT2D eigenvalue weighted by Crippen LogP contribution is -2.63. The zero-order valence-corrected chi connectivity index (χ0v) is 18.1. The highest BCUT2D eigenvalue weighted by Gasteiger charge is 2.40. The summed E-state index contributed by atoms with van der Waals surface area (Å²) in [5, 5.41) is 2.81. The molecule has 2 aromatic rings. The van der Waals surface area contributed by atoms with Crippen molar-refractivity contribution in [3.05, 3.63) is 65.2 Å². The van der Waals surface area contributed by atoms with Crippen LogP contribution in [0.2, 0.25) is 0 Å². The fourth-order valence-corrected chi connectivity index (χ4v) is 4.49. The number of piperazine rings is 1. The maximum atomic E-state index is 14.0. The third kappa shape index (κ3) is 4.46. The zero-order chi connectivity index (χ0) is 22.0. The van der Waals surface area contributed by atoms with Gasteiger partial charge in [-0.05, 0) is 51.4 Å². The second-order valence-electron chi connectivity index (χ2n) is 8.91. The second kappa shape index (κ2) is 8.75. The van der Waals surface area contributed by atoms with Crippen molar-refractivity contribution in [3.8, 4) is 0 Å². The summed E-state index contributed by atoms with van der Waals surface area (Å²) in [7, 11) is 0. The number of rotatable bonds is 4. The predicted molar refractivity (Wildman–Crippen MR) is 116 cm³/mol. The Morgan fingerprint density at radius 1 is 1.23 bits per heavy atom. The summed E-state index contributed by atoms with van der Waals surface area (Å²) in [6, 6.07) is 10.6. The molecule has 2 amide bonds. The number of benzene rings is 1. The number of carbonyl (C=O) groups excluding carboxylic acids is 2. The number of likely N-dealkylation sites (tertiary alicyclic amines) is 1. The van der Waals surface area contributed by atoms with Crippen LogP contribution in [0.25, 0.3) is 0 Å². The smallest absolute Gasteiger partial charge is 0.256 e. The molecule has 0 aliphatic carbocycles. The Morgan fingerprint density at radius 3 is 2.77 bits per heavy atom. The van der Waals surface area contributed by atoms with Crippen LogP contribution >= 0.6 is 0 Å². The molecule has 0 saturated carbocycles. The Hall–Kier alpha value is -2.80. The molecular formula is C24H29FN4O2. The molecule has 2 aliphatic heterocycles. The van der Waals surface area contributed by atoms with Crippen molar-refractivity contribution in [1.29, 1.82) is 0 Å². The highest BCUT2D eigenvalue weighted by molar-refractivity contribution is 5.99. The largest absolute Gasteiger partial charge is 0.352 e. The van der Waals surface area contributed by atoms with Crippen LogP contribution in [0.15, 0.2) is 42.6 Å². The van der Waals surface area contributed by atoms with Gasteiger partial charge in [0.2, 0.25) is 5.91 Å². The van der Waals surface area contributed by atoms with E-state index >= 15 is 0 Å². The minimum Gasteiger partial charge on any atom is -0.352 e. The average Bonchev–Trinajstić information content (AvgIpc) is 2.77. The van der Waals surface area contributed by atoms with Crippen LogP contribution in [0.4, 0.5) is 4.39 Å². The molecule has 0 spiro atoms. The molecule has 164 valence electrons. The van der Waals surface area contributed by atoms with E-state index in [1.54, 1.807) is 31.0 Å². The Balaban J connectivity index is 1.43. The normalized spacial score (nSPS) is 21.6. The number of piperidine rings is 1. The Kier molecular flexibility index (Phi) is 6.05. The third-order valence-electron chi connectivity index (χ3n) is 6.41. The van der Waals surface area contributed by atoms with Crippen LogP contribution < -0.4 is 5.32 Å². The first-order valence-electron chi connectivity index (χ1n) is 10.9. The number of hydrogen-bond donors (Lipinski definition) is 1. The summed E-state index contributed by atoms with van der Waals surface area (Å²) in [6.45, 7) is 6.79. The van der Waals surface area contributed by atoms with E-state index in [0.29, 0.717) is 30.8 Å². The summed E-state index contributed by atoms with van der Waals surface area (Å²) in [4.78, 5) is 33.6. The fraction of sp³-hybridized carbons (Fsp3) is 0.458. The van der Waals surface area contributed by atoms with Crippen molar-refractivity contribution in [2.45, 2.75) is 44.7 Å². The van der Waals surface area contributed by atoms with Gasteiger partial charge in [-0.1, -0.05) is 18.2 Å². The van der Waals surface area contributed by atoms with Crippen LogP contribution in [0.5, 0.6) is 0 Å². The third-order valence-corrected chi connectivity index (χ3v) is 6.41. The summed E-state index contributed by atoms with van der Waals surface area (Å²) < 4.78 is 14.0. The molecule has 1 aromatic heterocycles. The molecule has 2 saturated heterocycles. The van der Waals surface area contributed by atoms with Gasteiger partial charge in [0.05, 0.1) is 5.56 Å². The van der Waals surface area contributed by atoms with Crippen molar-refractivity contribution in [2.75, 3.05) is 26.2 Å². The number of amides is 2. The molecule has 4 rings (SSSR count). The van der Waals surface area contributed by atoms with E-state index in [9.17, 15) is 14.0 Å².